The maximum absolute atomic E-state index is 12.1. The summed E-state index contributed by atoms with van der Waals surface area (Å²) < 4.78 is 29.1. The number of carbonyl (C=O) groups excluding carboxylic acids is 1. The SMILES string of the molecule is CN(Cc1ccc(Cl)s1)C(=O)CCc1ccc(OC(F)F)cc1. The number of nitrogens with zero attached hydrogens (tertiary/aromatic N) is 1. The fourth-order valence-corrected chi connectivity index (χ4v) is 3.18. The standard InChI is InChI=1S/C16H16ClF2NO2S/c1-20(10-13-7-8-14(17)23-13)15(21)9-4-11-2-5-12(6-3-11)22-16(18)19/h2-3,5-8,16H,4,9-10H2,1H3. The van der Waals surface area contributed by atoms with Crippen LogP contribution in [0.15, 0.2) is 36.4 Å². The summed E-state index contributed by atoms with van der Waals surface area (Å²) in [7, 11) is 1.75. The molecule has 124 valence electrons. The van der Waals surface area contributed by atoms with Crippen molar-refractivity contribution in [1.29, 1.82) is 0 Å². The first kappa shape index (κ1) is 17.7. The molecule has 0 aliphatic heterocycles. The lowest BCUT2D eigenvalue weighted by molar-refractivity contribution is -0.130. The Kier molecular flexibility index (Phi) is 6.36. The highest BCUT2D eigenvalue weighted by molar-refractivity contribution is 7.16. The van der Waals surface area contributed by atoms with Gasteiger partial charge >= 0.3 is 6.61 Å². The van der Waals surface area contributed by atoms with E-state index in [1.165, 1.54) is 23.5 Å². The molecule has 1 amide bonds. The molecule has 0 saturated heterocycles. The van der Waals surface area contributed by atoms with Crippen LogP contribution in [0.3, 0.4) is 0 Å². The van der Waals surface area contributed by atoms with Crippen LogP contribution in [-0.4, -0.2) is 24.5 Å². The number of rotatable bonds is 7. The number of halogens is 3. The molecule has 7 heteroatoms. The van der Waals surface area contributed by atoms with Crippen molar-refractivity contribution >= 4 is 28.8 Å². The van der Waals surface area contributed by atoms with Crippen molar-refractivity contribution in [3.8, 4) is 5.75 Å². The third-order valence-corrected chi connectivity index (χ3v) is 4.44. The smallest absolute Gasteiger partial charge is 0.387 e. The van der Waals surface area contributed by atoms with Crippen LogP contribution >= 0.6 is 22.9 Å². The lowest BCUT2D eigenvalue weighted by Crippen LogP contribution is -2.25. The Morgan fingerprint density at radius 3 is 2.52 bits per heavy atom. The van der Waals surface area contributed by atoms with Crippen molar-refractivity contribution in [2.75, 3.05) is 7.05 Å². The Morgan fingerprint density at radius 1 is 1.26 bits per heavy atom. The van der Waals surface area contributed by atoms with Gasteiger partial charge in [0.05, 0.1) is 10.9 Å². The number of ether oxygens (including phenoxy) is 1. The zero-order chi connectivity index (χ0) is 16.8. The first-order valence-corrected chi connectivity index (χ1v) is 8.15. The van der Waals surface area contributed by atoms with E-state index < -0.39 is 6.61 Å². The Balaban J connectivity index is 1.81. The number of aryl methyl sites for hydroxylation is 1. The number of amides is 1. The van der Waals surface area contributed by atoms with Gasteiger partial charge in [0.15, 0.2) is 0 Å². The van der Waals surface area contributed by atoms with Gasteiger partial charge in [-0.2, -0.15) is 8.78 Å². The molecule has 1 aromatic carbocycles. The molecule has 2 rings (SSSR count). The lowest BCUT2D eigenvalue weighted by Gasteiger charge is -2.16. The van der Waals surface area contributed by atoms with E-state index in [-0.39, 0.29) is 11.7 Å². The summed E-state index contributed by atoms with van der Waals surface area (Å²) in [4.78, 5) is 14.8. The second kappa shape index (κ2) is 8.26. The number of benzene rings is 1. The molecule has 23 heavy (non-hydrogen) atoms. The van der Waals surface area contributed by atoms with Crippen LogP contribution in [0.2, 0.25) is 4.34 Å². The van der Waals surface area contributed by atoms with Gasteiger partial charge in [-0.25, -0.2) is 0 Å². The van der Waals surface area contributed by atoms with E-state index in [0.717, 1.165) is 10.4 Å². The topological polar surface area (TPSA) is 29.5 Å². The van der Waals surface area contributed by atoms with Crippen molar-refractivity contribution in [2.45, 2.75) is 26.0 Å². The van der Waals surface area contributed by atoms with E-state index >= 15 is 0 Å². The first-order valence-electron chi connectivity index (χ1n) is 6.96. The molecular formula is C16H16ClF2NO2S. The van der Waals surface area contributed by atoms with Crippen LogP contribution in [0, 0.1) is 0 Å². The van der Waals surface area contributed by atoms with Gasteiger partial charge in [0.25, 0.3) is 0 Å². The summed E-state index contributed by atoms with van der Waals surface area (Å²) >= 11 is 7.32. The van der Waals surface area contributed by atoms with Crippen LogP contribution in [0.4, 0.5) is 8.78 Å². The maximum Gasteiger partial charge on any atom is 0.387 e. The molecule has 0 aliphatic rings. The summed E-state index contributed by atoms with van der Waals surface area (Å²) in [6.07, 6.45) is 0.897. The zero-order valence-corrected chi connectivity index (χ0v) is 14.0. The summed E-state index contributed by atoms with van der Waals surface area (Å²) in [5, 5.41) is 0. The quantitative estimate of drug-likeness (QED) is 0.723. The van der Waals surface area contributed by atoms with Gasteiger partial charge in [0.1, 0.15) is 5.75 Å². The van der Waals surface area contributed by atoms with E-state index in [1.807, 2.05) is 12.1 Å². The predicted molar refractivity (Wildman–Crippen MR) is 87.2 cm³/mol. The van der Waals surface area contributed by atoms with Crippen LogP contribution in [0.1, 0.15) is 16.9 Å². The van der Waals surface area contributed by atoms with Crippen LogP contribution < -0.4 is 4.74 Å². The predicted octanol–water partition coefficient (Wildman–Crippen LogP) is 4.59. The molecule has 1 aromatic heterocycles. The lowest BCUT2D eigenvalue weighted by atomic mass is 10.1. The molecule has 0 aliphatic carbocycles. The van der Waals surface area contributed by atoms with Gasteiger partial charge in [0.2, 0.25) is 5.91 Å². The Hall–Kier alpha value is -1.66. The van der Waals surface area contributed by atoms with Gasteiger partial charge in [-0.3, -0.25) is 4.79 Å². The van der Waals surface area contributed by atoms with Crippen molar-refractivity contribution in [3.05, 3.63) is 51.2 Å². The Bertz CT molecular complexity index is 646. The van der Waals surface area contributed by atoms with Crippen LogP contribution in [-0.2, 0) is 17.8 Å². The van der Waals surface area contributed by atoms with E-state index in [9.17, 15) is 13.6 Å². The van der Waals surface area contributed by atoms with Gasteiger partial charge in [-0.05, 0) is 36.2 Å². The monoisotopic (exact) mass is 359 g/mol. The van der Waals surface area contributed by atoms with E-state index in [4.69, 9.17) is 11.6 Å². The maximum atomic E-state index is 12.1. The molecule has 0 radical (unpaired) electrons. The molecule has 0 atom stereocenters. The Labute approximate surface area is 142 Å². The van der Waals surface area contributed by atoms with Gasteiger partial charge in [0, 0.05) is 18.3 Å². The average molecular weight is 360 g/mol. The molecule has 0 spiro atoms. The fraction of sp³-hybridized carbons (Fsp3) is 0.312. The van der Waals surface area contributed by atoms with Crippen molar-refractivity contribution in [2.24, 2.45) is 0 Å². The minimum Gasteiger partial charge on any atom is -0.435 e. The fourth-order valence-electron chi connectivity index (χ4n) is 2.04. The van der Waals surface area contributed by atoms with Crippen molar-refractivity contribution in [1.82, 2.24) is 4.90 Å². The molecule has 0 N–H and O–H groups in total. The number of hydrogen-bond donors (Lipinski definition) is 0. The average Bonchev–Trinajstić information content (AvgIpc) is 2.90. The third-order valence-electron chi connectivity index (χ3n) is 3.22. The molecular weight excluding hydrogens is 344 g/mol. The zero-order valence-electron chi connectivity index (χ0n) is 12.5. The normalized spacial score (nSPS) is 10.8. The Morgan fingerprint density at radius 2 is 1.96 bits per heavy atom. The summed E-state index contributed by atoms with van der Waals surface area (Å²) in [6, 6.07) is 10.0. The summed E-state index contributed by atoms with van der Waals surface area (Å²) in [5.41, 5.74) is 0.896. The van der Waals surface area contributed by atoms with Crippen LogP contribution in [0.5, 0.6) is 5.75 Å². The highest BCUT2D eigenvalue weighted by atomic mass is 35.5. The molecule has 2 aromatic rings. The molecule has 1 heterocycles. The number of carbonyl (C=O) groups is 1. The molecule has 0 fully saturated rings. The largest absolute Gasteiger partial charge is 0.435 e. The van der Waals surface area contributed by atoms with Gasteiger partial charge in [-0.15, -0.1) is 11.3 Å². The molecule has 0 saturated carbocycles. The molecule has 3 nitrogen and oxygen atoms in total. The van der Waals surface area contributed by atoms with E-state index in [1.54, 1.807) is 24.1 Å². The van der Waals surface area contributed by atoms with Gasteiger partial charge in [-0.1, -0.05) is 23.7 Å². The van der Waals surface area contributed by atoms with Gasteiger partial charge < -0.3 is 9.64 Å². The van der Waals surface area contributed by atoms with Crippen LogP contribution in [0.25, 0.3) is 0 Å². The summed E-state index contributed by atoms with van der Waals surface area (Å²) in [6.45, 7) is -2.31. The number of thiophene rings is 1. The minimum absolute atomic E-state index is 0.0161. The second-order valence-electron chi connectivity index (χ2n) is 4.98. The highest BCUT2D eigenvalue weighted by Crippen LogP contribution is 2.22. The summed E-state index contributed by atoms with van der Waals surface area (Å²) in [5.74, 6) is 0.129. The third kappa shape index (κ3) is 5.80. The molecule has 0 unspecified atom stereocenters. The second-order valence-corrected chi connectivity index (χ2v) is 6.78. The minimum atomic E-state index is -2.83. The highest BCUT2D eigenvalue weighted by Gasteiger charge is 2.11. The van der Waals surface area contributed by atoms with E-state index in [2.05, 4.69) is 4.74 Å². The van der Waals surface area contributed by atoms with E-state index in [0.29, 0.717) is 23.7 Å². The number of alkyl halides is 2. The molecule has 0 bridgehead atoms. The number of hydrogen-bond acceptors (Lipinski definition) is 3. The van der Waals surface area contributed by atoms with Crippen molar-refractivity contribution < 1.29 is 18.3 Å². The first-order chi connectivity index (χ1) is 10.9. The van der Waals surface area contributed by atoms with Crippen molar-refractivity contribution in [3.63, 3.8) is 0 Å².